The van der Waals surface area contributed by atoms with Crippen molar-refractivity contribution in [2.75, 3.05) is 26.0 Å². The fraction of sp³-hybridized carbons (Fsp3) is 0.833. The van der Waals surface area contributed by atoms with Gasteiger partial charge in [-0.3, -0.25) is 14.2 Å². The van der Waals surface area contributed by atoms with E-state index in [9.17, 15) is 14.2 Å². The Hall–Kier alpha value is -0.710. The van der Waals surface area contributed by atoms with Crippen LogP contribution in [0.4, 0.5) is 0 Å². The normalized spacial score (nSPS) is 13.1. The quantitative estimate of drug-likeness (QED) is 0.350. The van der Waals surface area contributed by atoms with Crippen LogP contribution >= 0.6 is 7.60 Å². The van der Waals surface area contributed by atoms with E-state index in [0.717, 1.165) is 0 Å². The van der Waals surface area contributed by atoms with Crippen LogP contribution < -0.4 is 0 Å². The average molecular weight is 294 g/mol. The maximum atomic E-state index is 12.2. The molecule has 0 aliphatic carbocycles. The molecule has 0 saturated carbocycles. The molecule has 0 spiro atoms. The third-order valence-electron chi connectivity index (χ3n) is 2.41. The van der Waals surface area contributed by atoms with E-state index in [4.69, 9.17) is 13.8 Å². The minimum Gasteiger partial charge on any atom is -0.465 e. The SMILES string of the molecule is CCOC(=O)C(CCP(=O)(OCC)OCC)C(C)=O. The second-order valence-electron chi connectivity index (χ2n) is 3.87. The summed E-state index contributed by atoms with van der Waals surface area (Å²) in [5.74, 6) is -1.80. The molecule has 0 aromatic carbocycles. The highest BCUT2D eigenvalue weighted by Crippen LogP contribution is 2.49. The van der Waals surface area contributed by atoms with Crippen LogP contribution in [0.25, 0.3) is 0 Å². The zero-order chi connectivity index (χ0) is 14.9. The topological polar surface area (TPSA) is 78.9 Å². The first-order chi connectivity index (χ1) is 8.90. The number of rotatable bonds is 10. The summed E-state index contributed by atoms with van der Waals surface area (Å²) in [5.41, 5.74) is 0. The number of ether oxygens (including phenoxy) is 1. The number of carbonyl (C=O) groups is 2. The first-order valence-electron chi connectivity index (χ1n) is 6.45. The molecule has 0 amide bonds. The first-order valence-corrected chi connectivity index (χ1v) is 8.18. The second-order valence-corrected chi connectivity index (χ2v) is 6.06. The molecule has 0 saturated heterocycles. The van der Waals surface area contributed by atoms with Crippen LogP contribution in [0.15, 0.2) is 0 Å². The second kappa shape index (κ2) is 9.23. The van der Waals surface area contributed by atoms with E-state index in [1.807, 2.05) is 0 Å². The summed E-state index contributed by atoms with van der Waals surface area (Å²) in [4.78, 5) is 23.0. The fourth-order valence-electron chi connectivity index (χ4n) is 1.58. The van der Waals surface area contributed by atoms with Gasteiger partial charge in [0, 0.05) is 0 Å². The Kier molecular flexibility index (Phi) is 8.89. The van der Waals surface area contributed by atoms with Gasteiger partial charge >= 0.3 is 13.6 Å². The van der Waals surface area contributed by atoms with Gasteiger partial charge in [-0.05, 0) is 34.1 Å². The van der Waals surface area contributed by atoms with Gasteiger partial charge in [-0.25, -0.2) is 0 Å². The lowest BCUT2D eigenvalue weighted by atomic mass is 10.0. The molecule has 0 rings (SSSR count). The lowest BCUT2D eigenvalue weighted by Gasteiger charge is -2.19. The van der Waals surface area contributed by atoms with Crippen molar-refractivity contribution in [2.45, 2.75) is 34.1 Å². The van der Waals surface area contributed by atoms with Crippen LogP contribution in [-0.4, -0.2) is 37.7 Å². The Morgan fingerprint density at radius 3 is 1.95 bits per heavy atom. The molecule has 0 aromatic rings. The molecular weight excluding hydrogens is 271 g/mol. The number of hydrogen-bond donors (Lipinski definition) is 0. The number of carbonyl (C=O) groups excluding carboxylic acids is 2. The van der Waals surface area contributed by atoms with Gasteiger partial charge in [-0.2, -0.15) is 0 Å². The maximum Gasteiger partial charge on any atom is 0.330 e. The first kappa shape index (κ1) is 18.3. The molecule has 1 atom stereocenters. The molecule has 0 aromatic heterocycles. The van der Waals surface area contributed by atoms with Crippen LogP contribution in [-0.2, 0) is 27.9 Å². The van der Waals surface area contributed by atoms with Crippen molar-refractivity contribution in [3.8, 4) is 0 Å². The van der Waals surface area contributed by atoms with Crippen LogP contribution in [0.5, 0.6) is 0 Å². The van der Waals surface area contributed by atoms with E-state index in [1.54, 1.807) is 20.8 Å². The number of esters is 1. The molecule has 0 aliphatic rings. The summed E-state index contributed by atoms with van der Waals surface area (Å²) in [6.45, 7) is 7.10. The highest BCUT2D eigenvalue weighted by Gasteiger charge is 2.30. The third-order valence-corrected chi connectivity index (χ3v) is 4.51. The monoisotopic (exact) mass is 294 g/mol. The average Bonchev–Trinajstić information content (AvgIpc) is 2.29. The van der Waals surface area contributed by atoms with Gasteiger partial charge in [-0.1, -0.05) is 0 Å². The van der Waals surface area contributed by atoms with Crippen LogP contribution in [0.2, 0.25) is 0 Å². The van der Waals surface area contributed by atoms with Crippen LogP contribution in [0.1, 0.15) is 34.1 Å². The molecular formula is C12H23O6P. The fourth-order valence-corrected chi connectivity index (χ4v) is 3.27. The predicted molar refractivity (Wildman–Crippen MR) is 71.1 cm³/mol. The minimum atomic E-state index is -3.23. The Morgan fingerprint density at radius 1 is 1.05 bits per heavy atom. The van der Waals surface area contributed by atoms with Crippen LogP contribution in [0.3, 0.4) is 0 Å². The lowest BCUT2D eigenvalue weighted by Crippen LogP contribution is -2.25. The van der Waals surface area contributed by atoms with Gasteiger partial charge in [0.05, 0.1) is 26.0 Å². The van der Waals surface area contributed by atoms with Gasteiger partial charge in [0.2, 0.25) is 0 Å². The molecule has 0 heterocycles. The van der Waals surface area contributed by atoms with Crippen molar-refractivity contribution in [1.29, 1.82) is 0 Å². The molecule has 0 bridgehead atoms. The Morgan fingerprint density at radius 2 is 1.58 bits per heavy atom. The molecule has 0 N–H and O–H groups in total. The number of hydrogen-bond acceptors (Lipinski definition) is 6. The molecule has 19 heavy (non-hydrogen) atoms. The molecule has 0 fully saturated rings. The van der Waals surface area contributed by atoms with Crippen molar-refractivity contribution in [3.63, 3.8) is 0 Å². The summed E-state index contributed by atoms with van der Waals surface area (Å²) >= 11 is 0. The van der Waals surface area contributed by atoms with E-state index in [0.29, 0.717) is 0 Å². The number of ketones is 1. The van der Waals surface area contributed by atoms with E-state index in [-0.39, 0.29) is 38.2 Å². The van der Waals surface area contributed by atoms with Crippen molar-refractivity contribution < 1.29 is 27.9 Å². The van der Waals surface area contributed by atoms with E-state index in [1.165, 1.54) is 6.92 Å². The summed E-state index contributed by atoms with van der Waals surface area (Å²) in [6.07, 6.45) is 0.128. The zero-order valence-corrected chi connectivity index (χ0v) is 12.9. The van der Waals surface area contributed by atoms with Gasteiger partial charge in [0.25, 0.3) is 0 Å². The summed E-state index contributed by atoms with van der Waals surface area (Å²) < 4.78 is 27.3. The van der Waals surface area contributed by atoms with E-state index < -0.39 is 19.5 Å². The summed E-state index contributed by atoms with van der Waals surface area (Å²) in [7, 11) is -3.23. The largest absolute Gasteiger partial charge is 0.465 e. The molecule has 112 valence electrons. The van der Waals surface area contributed by atoms with Crippen molar-refractivity contribution in [3.05, 3.63) is 0 Å². The van der Waals surface area contributed by atoms with Gasteiger partial charge < -0.3 is 13.8 Å². The lowest BCUT2D eigenvalue weighted by molar-refractivity contribution is -0.151. The van der Waals surface area contributed by atoms with Gasteiger partial charge in [-0.15, -0.1) is 0 Å². The predicted octanol–water partition coefficient (Wildman–Crippen LogP) is 2.41. The highest BCUT2D eigenvalue weighted by atomic mass is 31.2. The smallest absolute Gasteiger partial charge is 0.330 e. The van der Waals surface area contributed by atoms with Crippen molar-refractivity contribution in [2.24, 2.45) is 5.92 Å². The Labute approximate surface area is 114 Å². The maximum absolute atomic E-state index is 12.2. The van der Waals surface area contributed by atoms with Crippen molar-refractivity contribution in [1.82, 2.24) is 0 Å². The summed E-state index contributed by atoms with van der Waals surface area (Å²) in [6, 6.07) is 0. The molecule has 0 aliphatic heterocycles. The Balaban J connectivity index is 4.64. The Bertz CT molecular complexity index is 331. The minimum absolute atomic E-state index is 0.0255. The third kappa shape index (κ3) is 6.85. The summed E-state index contributed by atoms with van der Waals surface area (Å²) in [5, 5.41) is 0. The van der Waals surface area contributed by atoms with Crippen molar-refractivity contribution >= 4 is 19.3 Å². The highest BCUT2D eigenvalue weighted by molar-refractivity contribution is 7.53. The molecule has 6 nitrogen and oxygen atoms in total. The van der Waals surface area contributed by atoms with E-state index in [2.05, 4.69) is 0 Å². The molecule has 1 unspecified atom stereocenters. The van der Waals surface area contributed by atoms with E-state index >= 15 is 0 Å². The number of Topliss-reactive ketones (excluding diaryl/α,β-unsaturated/α-hetero) is 1. The van der Waals surface area contributed by atoms with Gasteiger partial charge in [0.1, 0.15) is 11.7 Å². The molecule has 7 heteroatoms. The van der Waals surface area contributed by atoms with Gasteiger partial charge in [0.15, 0.2) is 0 Å². The van der Waals surface area contributed by atoms with Crippen LogP contribution in [0, 0.1) is 5.92 Å². The molecule has 0 radical (unpaired) electrons. The standard InChI is InChI=1S/C12H23O6P/c1-5-16-12(14)11(10(4)13)8-9-19(15,17-6-2)18-7-3/h11H,5-9H2,1-4H3. The zero-order valence-electron chi connectivity index (χ0n) is 12.0.